The van der Waals surface area contributed by atoms with E-state index in [9.17, 15) is 9.59 Å². The highest BCUT2D eigenvalue weighted by molar-refractivity contribution is 6.35. The minimum absolute atomic E-state index is 0.305. The van der Waals surface area contributed by atoms with Gasteiger partial charge in [-0.1, -0.05) is 29.3 Å². The molecule has 7 heteroatoms. The highest BCUT2D eigenvalue weighted by atomic mass is 35.5. The van der Waals surface area contributed by atoms with Crippen LogP contribution in [-0.2, 0) is 15.1 Å². The van der Waals surface area contributed by atoms with Crippen LogP contribution in [0.2, 0.25) is 10.0 Å². The van der Waals surface area contributed by atoms with Gasteiger partial charge in [0.2, 0.25) is 0 Å². The summed E-state index contributed by atoms with van der Waals surface area (Å²) in [7, 11) is 1.57. The SMILES string of the molecule is COCCCN1C(=O)NC(C)(c2ccc(Cl)cc2Cl)C1=O. The summed E-state index contributed by atoms with van der Waals surface area (Å²) in [5, 5.41) is 3.52. The molecule has 1 atom stereocenters. The molecule has 0 radical (unpaired) electrons. The number of methoxy groups -OCH3 is 1. The second-order valence-corrected chi connectivity index (χ2v) is 5.83. The highest BCUT2D eigenvalue weighted by Crippen LogP contribution is 2.34. The van der Waals surface area contributed by atoms with E-state index in [1.807, 2.05) is 0 Å². The van der Waals surface area contributed by atoms with Gasteiger partial charge in [0.1, 0.15) is 5.54 Å². The predicted molar refractivity (Wildman–Crippen MR) is 80.6 cm³/mol. The molecule has 1 unspecified atom stereocenters. The van der Waals surface area contributed by atoms with Gasteiger partial charge in [-0.25, -0.2) is 4.79 Å². The summed E-state index contributed by atoms with van der Waals surface area (Å²) in [5.74, 6) is -0.326. The van der Waals surface area contributed by atoms with E-state index in [-0.39, 0.29) is 5.91 Å². The van der Waals surface area contributed by atoms with Crippen LogP contribution in [-0.4, -0.2) is 37.1 Å². The van der Waals surface area contributed by atoms with Crippen LogP contribution >= 0.6 is 23.2 Å². The van der Waals surface area contributed by atoms with Crippen LogP contribution in [0.5, 0.6) is 0 Å². The summed E-state index contributed by atoms with van der Waals surface area (Å²) in [6.45, 7) is 2.42. The Kier molecular flexibility index (Phi) is 4.76. The van der Waals surface area contributed by atoms with Crippen molar-refractivity contribution in [1.29, 1.82) is 0 Å². The molecule has 1 heterocycles. The third-order valence-corrected chi connectivity index (χ3v) is 4.02. The van der Waals surface area contributed by atoms with Crippen molar-refractivity contribution < 1.29 is 14.3 Å². The molecule has 2 rings (SSSR count). The maximum absolute atomic E-state index is 12.6. The quantitative estimate of drug-likeness (QED) is 0.667. The normalized spacial score (nSPS) is 21.8. The molecule has 1 aliphatic heterocycles. The lowest BCUT2D eigenvalue weighted by Gasteiger charge is -2.23. The van der Waals surface area contributed by atoms with E-state index in [4.69, 9.17) is 27.9 Å². The number of nitrogens with one attached hydrogen (secondary N) is 1. The Hall–Kier alpha value is -1.30. The van der Waals surface area contributed by atoms with Gasteiger partial charge in [-0.05, 0) is 25.5 Å². The molecule has 0 bridgehead atoms. The van der Waals surface area contributed by atoms with Crippen molar-refractivity contribution in [3.63, 3.8) is 0 Å². The number of ether oxygens (including phenoxy) is 1. The number of carbonyl (C=O) groups excluding carboxylic acids is 2. The number of hydrogen-bond acceptors (Lipinski definition) is 3. The van der Waals surface area contributed by atoms with Gasteiger partial charge in [-0.2, -0.15) is 0 Å². The summed E-state index contributed by atoms with van der Waals surface area (Å²) >= 11 is 12.0. The number of imide groups is 1. The monoisotopic (exact) mass is 330 g/mol. The summed E-state index contributed by atoms with van der Waals surface area (Å²) in [6.07, 6.45) is 0.583. The van der Waals surface area contributed by atoms with Crippen molar-refractivity contribution in [3.05, 3.63) is 33.8 Å². The summed E-state index contributed by atoms with van der Waals surface area (Å²) in [5.41, 5.74) is -0.646. The zero-order valence-corrected chi connectivity index (χ0v) is 13.3. The number of benzene rings is 1. The molecule has 1 fully saturated rings. The molecular weight excluding hydrogens is 315 g/mol. The number of urea groups is 1. The molecule has 3 amide bonds. The van der Waals surface area contributed by atoms with E-state index in [2.05, 4.69) is 5.32 Å². The second-order valence-electron chi connectivity index (χ2n) is 4.98. The van der Waals surface area contributed by atoms with Gasteiger partial charge in [0.25, 0.3) is 5.91 Å². The van der Waals surface area contributed by atoms with E-state index in [1.165, 1.54) is 4.90 Å². The second kappa shape index (κ2) is 6.22. The van der Waals surface area contributed by atoms with Crippen molar-refractivity contribution in [2.45, 2.75) is 18.9 Å². The topological polar surface area (TPSA) is 58.6 Å². The number of carbonyl (C=O) groups is 2. The van der Waals surface area contributed by atoms with Crippen LogP contribution in [0.1, 0.15) is 18.9 Å². The van der Waals surface area contributed by atoms with Gasteiger partial charge in [0.05, 0.1) is 0 Å². The molecule has 0 saturated carbocycles. The molecule has 0 spiro atoms. The first-order valence-corrected chi connectivity index (χ1v) is 7.24. The van der Waals surface area contributed by atoms with Gasteiger partial charge < -0.3 is 10.1 Å². The van der Waals surface area contributed by atoms with Crippen LogP contribution in [0.3, 0.4) is 0 Å². The van der Waals surface area contributed by atoms with Crippen LogP contribution in [0, 0.1) is 0 Å². The number of amides is 3. The van der Waals surface area contributed by atoms with Gasteiger partial charge in [0.15, 0.2) is 0 Å². The minimum atomic E-state index is -1.17. The third-order valence-electron chi connectivity index (χ3n) is 3.47. The molecular formula is C14H16Cl2N2O3. The molecule has 21 heavy (non-hydrogen) atoms. The Labute approximate surface area is 133 Å². The molecule has 0 aromatic heterocycles. The average molecular weight is 331 g/mol. The maximum Gasteiger partial charge on any atom is 0.325 e. The number of nitrogens with zero attached hydrogens (tertiary/aromatic N) is 1. The first-order valence-electron chi connectivity index (χ1n) is 6.48. The van der Waals surface area contributed by atoms with E-state index >= 15 is 0 Å². The fraction of sp³-hybridized carbons (Fsp3) is 0.429. The van der Waals surface area contributed by atoms with Crippen molar-refractivity contribution in [2.75, 3.05) is 20.3 Å². The van der Waals surface area contributed by atoms with Crippen molar-refractivity contribution >= 4 is 35.1 Å². The number of rotatable bonds is 5. The average Bonchev–Trinajstić information content (AvgIpc) is 2.62. The zero-order valence-electron chi connectivity index (χ0n) is 11.8. The van der Waals surface area contributed by atoms with E-state index < -0.39 is 11.6 Å². The van der Waals surface area contributed by atoms with E-state index in [0.29, 0.717) is 35.2 Å². The zero-order chi connectivity index (χ0) is 15.6. The number of halogens is 2. The van der Waals surface area contributed by atoms with Gasteiger partial charge in [-0.15, -0.1) is 0 Å². The Balaban J connectivity index is 2.27. The molecule has 114 valence electrons. The molecule has 1 aromatic rings. The Morgan fingerprint density at radius 3 is 2.67 bits per heavy atom. The smallest absolute Gasteiger partial charge is 0.325 e. The largest absolute Gasteiger partial charge is 0.385 e. The lowest BCUT2D eigenvalue weighted by molar-refractivity contribution is -0.131. The summed E-state index contributed by atoms with van der Waals surface area (Å²) < 4.78 is 4.94. The van der Waals surface area contributed by atoms with Crippen molar-refractivity contribution in [3.8, 4) is 0 Å². The first kappa shape index (κ1) is 16.1. The van der Waals surface area contributed by atoms with Gasteiger partial charge >= 0.3 is 6.03 Å². The Bertz CT molecular complexity index is 579. The van der Waals surface area contributed by atoms with E-state index in [0.717, 1.165) is 0 Å². The summed E-state index contributed by atoms with van der Waals surface area (Å²) in [6, 6.07) is 4.42. The molecule has 0 aliphatic carbocycles. The lowest BCUT2D eigenvalue weighted by atomic mass is 9.92. The highest BCUT2D eigenvalue weighted by Gasteiger charge is 2.49. The van der Waals surface area contributed by atoms with Crippen LogP contribution in [0.15, 0.2) is 18.2 Å². The van der Waals surface area contributed by atoms with Crippen molar-refractivity contribution in [1.82, 2.24) is 10.2 Å². The Morgan fingerprint density at radius 2 is 2.05 bits per heavy atom. The maximum atomic E-state index is 12.6. The first-order chi connectivity index (χ1) is 9.90. The molecule has 1 saturated heterocycles. The standard InChI is InChI=1S/C14H16Cl2N2O3/c1-14(10-5-4-9(15)8-11(10)16)12(19)18(13(20)17-14)6-3-7-21-2/h4-5,8H,3,6-7H2,1-2H3,(H,17,20). The predicted octanol–water partition coefficient (Wildman–Crippen LogP) is 2.80. The molecule has 1 aliphatic rings. The van der Waals surface area contributed by atoms with Crippen LogP contribution < -0.4 is 5.32 Å². The van der Waals surface area contributed by atoms with Gasteiger partial charge in [-0.3, -0.25) is 9.69 Å². The fourth-order valence-electron chi connectivity index (χ4n) is 2.34. The lowest BCUT2D eigenvalue weighted by Crippen LogP contribution is -2.41. The van der Waals surface area contributed by atoms with Crippen LogP contribution in [0.4, 0.5) is 4.79 Å². The molecule has 1 aromatic carbocycles. The fourth-order valence-corrected chi connectivity index (χ4v) is 2.94. The molecule has 1 N–H and O–H groups in total. The summed E-state index contributed by atoms with van der Waals surface area (Å²) in [4.78, 5) is 25.8. The molecule has 5 nitrogen and oxygen atoms in total. The van der Waals surface area contributed by atoms with Crippen molar-refractivity contribution in [2.24, 2.45) is 0 Å². The Morgan fingerprint density at radius 1 is 1.33 bits per heavy atom. The minimum Gasteiger partial charge on any atom is -0.385 e. The third kappa shape index (κ3) is 3.00. The van der Waals surface area contributed by atoms with Gasteiger partial charge in [0, 0.05) is 35.9 Å². The van der Waals surface area contributed by atoms with E-state index in [1.54, 1.807) is 32.2 Å². The number of hydrogen-bond donors (Lipinski definition) is 1. The van der Waals surface area contributed by atoms with Crippen LogP contribution in [0.25, 0.3) is 0 Å².